The Morgan fingerprint density at radius 2 is 0.757 bits per heavy atom. The van der Waals surface area contributed by atoms with E-state index in [1.807, 2.05) is 0 Å². The molecule has 0 bridgehead atoms. The monoisotopic (exact) mass is 1190 g/mol. The Morgan fingerprint density at radius 1 is 0.400 bits per heavy atom. The normalized spacial score (nSPS) is 21.6. The van der Waals surface area contributed by atoms with Crippen LogP contribution >= 0.6 is 34.1 Å². The standard InChI is InChI=1S/2C16H13.2C11H11.C6H12.2CH5Si.4ClH.2Zr/c2*1-12-10-14-8-5-9-15(16(14)11-12)13-6-3-2-4-7-13;2*1-2-9-7-10-5-3-4-6-11(10)8-9;1-3-5-6-4-2;2*1-2;;;;;;/h2*2-11H,1H3;2*3-8H,2H2,1H3;1-6H2;2*2H2,1H3;4*1H;;/q;;;;;;;;;;;2*+2/p-4. The van der Waals surface area contributed by atoms with Gasteiger partial charge in [0.2, 0.25) is 0 Å². The van der Waals surface area contributed by atoms with Gasteiger partial charge >= 0.3 is 437 Å². The molecule has 0 nitrogen and oxygen atoms in total. The van der Waals surface area contributed by atoms with Crippen LogP contribution in [-0.2, 0) is 28.1 Å². The molecule has 10 rings (SSSR count). The Hall–Kier alpha value is -2.36. The Bertz CT molecular complexity index is 2990. The van der Waals surface area contributed by atoms with E-state index in [1.54, 1.807) is 0 Å². The number of allylic oxidation sites excluding steroid dienone is 4. The van der Waals surface area contributed by atoms with Crippen LogP contribution in [0.3, 0.4) is 0 Å². The molecule has 70 heavy (non-hydrogen) atoms. The molecule has 6 aromatic carbocycles. The van der Waals surface area contributed by atoms with Gasteiger partial charge in [-0.15, -0.1) is 0 Å². The SMILES string of the molecule is CCC1=Cc2ccccc2[CH]1[Zr]([Cl])([Cl])([CH2]CCCC[CH2][Zr]([Cl])([Cl])([SiH2]C)([CH]1C(CC)=Cc2ccccc21)[CH]1C(C)=Cc2c(-c3ccccc3)cccc21)([SiH2]C)[CH]1C(C)=Cc2c(-c3ccccc3)cccc21. The predicted octanol–water partition coefficient (Wildman–Crippen LogP) is 19.5. The zero-order valence-electron chi connectivity index (χ0n) is 42.1. The zero-order chi connectivity index (χ0) is 49.2. The van der Waals surface area contributed by atoms with Crippen LogP contribution in [0.4, 0.5) is 0 Å². The summed E-state index contributed by atoms with van der Waals surface area (Å²) < 4.78 is 1.97. The second-order valence-corrected chi connectivity index (χ2v) is 129. The van der Waals surface area contributed by atoms with Crippen LogP contribution in [0.15, 0.2) is 168 Å². The van der Waals surface area contributed by atoms with E-state index in [0.29, 0.717) is 0 Å². The first-order valence-electron chi connectivity index (χ1n) is 26.4. The quantitative estimate of drug-likeness (QED) is 0.0631. The Kier molecular flexibility index (Phi) is 13.3. The predicted molar refractivity (Wildman–Crippen MR) is 312 cm³/mol. The minimum atomic E-state index is -5.62. The van der Waals surface area contributed by atoms with E-state index in [4.69, 9.17) is 0 Å². The number of unbranched alkanes of at least 4 members (excludes halogenated alkanes) is 3. The summed E-state index contributed by atoms with van der Waals surface area (Å²) in [4.78, 5) is 0. The third kappa shape index (κ3) is 7.71. The van der Waals surface area contributed by atoms with E-state index < -0.39 is 41.4 Å². The molecule has 8 heteroatoms. The molecule has 0 N–H and O–H groups in total. The number of hydrogen-bond donors (Lipinski definition) is 0. The zero-order valence-corrected chi connectivity index (χ0v) is 52.8. The summed E-state index contributed by atoms with van der Waals surface area (Å²) in [6.07, 6.45) is 15.8. The molecule has 4 atom stereocenters. The van der Waals surface area contributed by atoms with E-state index in [1.165, 1.54) is 89.1 Å². The second kappa shape index (κ2) is 18.2. The average molecular weight is 1200 g/mol. The van der Waals surface area contributed by atoms with E-state index in [9.17, 15) is 34.1 Å². The van der Waals surface area contributed by atoms with Gasteiger partial charge in [-0.1, -0.05) is 0 Å². The summed E-state index contributed by atoms with van der Waals surface area (Å²) in [5.41, 5.74) is 21.2. The Balaban J connectivity index is 1.04. The number of rotatable bonds is 17. The molecule has 362 valence electrons. The summed E-state index contributed by atoms with van der Waals surface area (Å²) in [7, 11) is 37.2. The van der Waals surface area contributed by atoms with Crippen LogP contribution in [0, 0.1) is 0 Å². The van der Waals surface area contributed by atoms with Gasteiger partial charge in [-0.25, -0.2) is 0 Å². The average Bonchev–Trinajstić information content (AvgIpc) is 4.16. The van der Waals surface area contributed by atoms with Gasteiger partial charge in [0.1, 0.15) is 0 Å². The van der Waals surface area contributed by atoms with E-state index >= 15 is 0 Å². The van der Waals surface area contributed by atoms with Crippen LogP contribution in [0.5, 0.6) is 0 Å². The van der Waals surface area contributed by atoms with Crippen molar-refractivity contribution in [1.29, 1.82) is 0 Å². The number of halogens is 4. The van der Waals surface area contributed by atoms with E-state index in [-0.39, 0.29) is 14.5 Å². The summed E-state index contributed by atoms with van der Waals surface area (Å²) in [5.74, 6) is 0. The molecule has 0 heterocycles. The van der Waals surface area contributed by atoms with Crippen molar-refractivity contribution >= 4 is 71.6 Å². The van der Waals surface area contributed by atoms with Crippen LogP contribution in [0.1, 0.15) is 125 Å². The van der Waals surface area contributed by atoms with Gasteiger partial charge in [0.25, 0.3) is 0 Å². The van der Waals surface area contributed by atoms with Gasteiger partial charge in [-0.3, -0.25) is 0 Å². The number of benzene rings is 6. The van der Waals surface area contributed by atoms with Crippen molar-refractivity contribution in [2.75, 3.05) is 0 Å². The van der Waals surface area contributed by atoms with Crippen LogP contribution in [0.25, 0.3) is 46.6 Å². The Morgan fingerprint density at radius 3 is 1.13 bits per heavy atom. The van der Waals surface area contributed by atoms with Gasteiger partial charge < -0.3 is 0 Å². The first-order chi connectivity index (χ1) is 33.5. The van der Waals surface area contributed by atoms with Crippen molar-refractivity contribution in [2.24, 2.45) is 0 Å². The van der Waals surface area contributed by atoms with Crippen molar-refractivity contribution in [3.05, 3.63) is 212 Å². The van der Waals surface area contributed by atoms with E-state index in [2.05, 4.69) is 211 Å². The van der Waals surface area contributed by atoms with Crippen LogP contribution in [0.2, 0.25) is 21.4 Å². The summed E-state index contributed by atoms with van der Waals surface area (Å²) >= 11 is -11.2. The maximum absolute atomic E-state index is 9.31. The molecule has 0 spiro atoms. The molecule has 0 radical (unpaired) electrons. The summed E-state index contributed by atoms with van der Waals surface area (Å²) in [6, 6.07) is 53.7. The molecule has 0 amide bonds. The molecule has 0 saturated heterocycles. The fraction of sp³-hybridized carbons (Fsp3) is 0.290. The molecule has 0 fully saturated rings. The first-order valence-corrected chi connectivity index (χ1v) is 62.9. The van der Waals surface area contributed by atoms with Crippen LogP contribution < -0.4 is 0 Å². The van der Waals surface area contributed by atoms with Crippen LogP contribution in [-0.4, -0.2) is 13.3 Å². The Labute approximate surface area is 431 Å². The molecule has 4 aliphatic rings. The molecule has 4 aliphatic carbocycles. The van der Waals surface area contributed by atoms with E-state index in [0.717, 1.165) is 46.8 Å². The van der Waals surface area contributed by atoms with Gasteiger partial charge in [-0.2, -0.15) is 0 Å². The number of fused-ring (bicyclic) bond motifs is 4. The van der Waals surface area contributed by atoms with Crippen molar-refractivity contribution < 1.29 is 28.1 Å². The van der Waals surface area contributed by atoms with Crippen molar-refractivity contribution in [1.82, 2.24) is 0 Å². The van der Waals surface area contributed by atoms with Crippen molar-refractivity contribution in [3.8, 4) is 22.3 Å². The summed E-state index contributed by atoms with van der Waals surface area (Å²) in [6.45, 7) is 12.2. The molecule has 6 aromatic rings. The third-order valence-corrected chi connectivity index (χ3v) is 129. The number of hydrogen-bond acceptors (Lipinski definition) is 0. The maximum atomic E-state index is 9.31. The fourth-order valence-electron chi connectivity index (χ4n) is 15.8. The topological polar surface area (TPSA) is 0 Å². The fourth-order valence-corrected chi connectivity index (χ4v) is 101. The second-order valence-electron chi connectivity index (χ2n) is 22.4. The molecular formula is C62H70Cl4Si2Zr2. The van der Waals surface area contributed by atoms with Gasteiger partial charge in [0.05, 0.1) is 0 Å². The van der Waals surface area contributed by atoms with Crippen molar-refractivity contribution in [3.63, 3.8) is 0 Å². The molecular weight excluding hydrogens is 1130 g/mol. The minimum absolute atomic E-state index is 0.0254. The molecule has 0 aromatic heterocycles. The molecule has 0 saturated carbocycles. The van der Waals surface area contributed by atoms with Gasteiger partial charge in [0, 0.05) is 0 Å². The third-order valence-electron chi connectivity index (χ3n) is 19.0. The summed E-state index contributed by atoms with van der Waals surface area (Å²) in [5, 5.41) is 0. The first kappa shape index (κ1) is 51.1. The van der Waals surface area contributed by atoms with Crippen molar-refractivity contribution in [2.45, 2.75) is 102 Å². The van der Waals surface area contributed by atoms with Gasteiger partial charge in [0.15, 0.2) is 0 Å². The molecule has 0 aliphatic heterocycles. The van der Waals surface area contributed by atoms with Gasteiger partial charge in [-0.05, 0) is 0 Å². The molecule has 4 unspecified atom stereocenters.